The Morgan fingerprint density at radius 1 is 1.18 bits per heavy atom. The first-order valence-corrected chi connectivity index (χ1v) is 11.6. The second-order valence-corrected chi connectivity index (χ2v) is 9.07. The summed E-state index contributed by atoms with van der Waals surface area (Å²) in [5, 5.41) is 21.4. The van der Waals surface area contributed by atoms with Crippen molar-refractivity contribution in [2.24, 2.45) is 10.4 Å². The summed E-state index contributed by atoms with van der Waals surface area (Å²) >= 11 is 0. The van der Waals surface area contributed by atoms with Crippen LogP contribution in [0, 0.1) is 11.2 Å². The third-order valence-electron chi connectivity index (χ3n) is 5.37. The van der Waals surface area contributed by atoms with Crippen molar-refractivity contribution >= 4 is 30.1 Å². The highest BCUT2D eigenvalue weighted by Gasteiger charge is 2.32. The number of guanidine groups is 1. The SMILES string of the molecule is CN(Cc1ccc(O)cc1)C(=Nc1ccc(Oc2cnccn2)c(F)c1)NC(=O)N(C=O)CC(C)(C)C(=O)O. The number of aliphatic imine (C=N–C) groups is 1. The molecular formula is C26H27FN6O6. The van der Waals surface area contributed by atoms with Crippen LogP contribution >= 0.6 is 0 Å². The molecule has 0 saturated carbocycles. The number of halogens is 1. The van der Waals surface area contributed by atoms with Crippen LogP contribution in [0.2, 0.25) is 0 Å². The number of nitrogens with zero attached hydrogens (tertiary/aromatic N) is 5. The second-order valence-electron chi connectivity index (χ2n) is 9.07. The zero-order chi connectivity index (χ0) is 28.6. The molecule has 2 aromatic carbocycles. The third kappa shape index (κ3) is 7.95. The molecule has 3 aromatic rings. The lowest BCUT2D eigenvalue weighted by Gasteiger charge is -2.27. The van der Waals surface area contributed by atoms with Crippen LogP contribution in [-0.2, 0) is 16.1 Å². The Morgan fingerprint density at radius 2 is 1.90 bits per heavy atom. The normalized spacial score (nSPS) is 11.4. The van der Waals surface area contributed by atoms with Gasteiger partial charge in [0.05, 0.1) is 17.3 Å². The number of aromatic hydroxyl groups is 1. The largest absolute Gasteiger partial charge is 0.508 e. The van der Waals surface area contributed by atoms with Crippen LogP contribution in [0.25, 0.3) is 0 Å². The molecule has 39 heavy (non-hydrogen) atoms. The Labute approximate surface area is 223 Å². The zero-order valence-electron chi connectivity index (χ0n) is 21.4. The van der Waals surface area contributed by atoms with Gasteiger partial charge in [-0.15, -0.1) is 0 Å². The van der Waals surface area contributed by atoms with Gasteiger partial charge >= 0.3 is 12.0 Å². The van der Waals surface area contributed by atoms with Gasteiger partial charge in [-0.1, -0.05) is 12.1 Å². The van der Waals surface area contributed by atoms with E-state index < -0.39 is 29.8 Å². The Kier molecular flexibility index (Phi) is 9.10. The van der Waals surface area contributed by atoms with Crippen LogP contribution in [-0.4, -0.2) is 67.9 Å². The van der Waals surface area contributed by atoms with E-state index in [9.17, 15) is 29.0 Å². The van der Waals surface area contributed by atoms with Crippen molar-refractivity contribution in [3.63, 3.8) is 0 Å². The number of phenols is 1. The number of carboxylic acid groups (broad SMARTS) is 1. The van der Waals surface area contributed by atoms with Crippen LogP contribution in [0.5, 0.6) is 17.4 Å². The molecule has 0 saturated heterocycles. The number of urea groups is 1. The van der Waals surface area contributed by atoms with Gasteiger partial charge in [0.2, 0.25) is 18.2 Å². The molecule has 12 nitrogen and oxygen atoms in total. The van der Waals surface area contributed by atoms with Gasteiger partial charge in [-0.3, -0.25) is 24.8 Å². The number of hydrogen-bond donors (Lipinski definition) is 3. The number of amides is 3. The number of aliphatic carboxylic acids is 1. The Bertz CT molecular complexity index is 1350. The average molecular weight is 539 g/mol. The van der Waals surface area contributed by atoms with Gasteiger partial charge in [0.1, 0.15) is 5.75 Å². The van der Waals surface area contributed by atoms with Crippen LogP contribution in [0.1, 0.15) is 19.4 Å². The molecule has 3 N–H and O–H groups in total. The summed E-state index contributed by atoms with van der Waals surface area (Å²) in [6, 6.07) is 9.23. The lowest BCUT2D eigenvalue weighted by atomic mass is 9.93. The topological polar surface area (TPSA) is 158 Å². The third-order valence-corrected chi connectivity index (χ3v) is 5.37. The molecule has 0 atom stereocenters. The molecule has 0 fully saturated rings. The molecule has 0 aliphatic heterocycles. The van der Waals surface area contributed by atoms with E-state index in [0.717, 1.165) is 11.6 Å². The quantitative estimate of drug-likeness (QED) is 0.211. The summed E-state index contributed by atoms with van der Waals surface area (Å²) in [6.07, 6.45) is 4.38. The Hall–Kier alpha value is -5.07. The fraction of sp³-hybridized carbons (Fsp3) is 0.231. The molecule has 1 heterocycles. The fourth-order valence-electron chi connectivity index (χ4n) is 3.19. The van der Waals surface area contributed by atoms with E-state index in [0.29, 0.717) is 4.90 Å². The number of rotatable bonds is 9. The number of carbonyl (C=O) groups is 3. The summed E-state index contributed by atoms with van der Waals surface area (Å²) in [4.78, 5) is 50.4. The predicted molar refractivity (Wildman–Crippen MR) is 138 cm³/mol. The molecule has 0 aliphatic rings. The van der Waals surface area contributed by atoms with Crippen molar-refractivity contribution in [3.8, 4) is 17.4 Å². The van der Waals surface area contributed by atoms with Crippen LogP contribution in [0.15, 0.2) is 66.0 Å². The van der Waals surface area contributed by atoms with Gasteiger partial charge < -0.3 is 19.8 Å². The first-order valence-electron chi connectivity index (χ1n) is 11.6. The minimum atomic E-state index is -1.41. The van der Waals surface area contributed by atoms with Gasteiger partial charge in [-0.2, -0.15) is 0 Å². The molecule has 0 radical (unpaired) electrons. The van der Waals surface area contributed by atoms with Gasteiger partial charge in [0, 0.05) is 38.6 Å². The number of ether oxygens (including phenoxy) is 1. The molecule has 204 valence electrons. The Morgan fingerprint density at radius 3 is 2.49 bits per heavy atom. The molecule has 13 heteroatoms. The standard InChI is InChI=1S/C26H27FN6O6/c1-26(2,23(36)37)15-33(16-34)25(38)31-24(32(3)14-17-4-7-19(35)8-5-17)30-18-6-9-21(20(27)12-18)39-22-13-28-10-11-29-22/h4-13,16,35H,14-15H2,1-3H3,(H,36,37)(H,30,31,38). The molecule has 0 spiro atoms. The summed E-state index contributed by atoms with van der Waals surface area (Å²) < 4.78 is 20.2. The maximum atomic E-state index is 14.8. The summed E-state index contributed by atoms with van der Waals surface area (Å²) in [7, 11) is 1.60. The monoisotopic (exact) mass is 538 g/mol. The highest BCUT2D eigenvalue weighted by atomic mass is 19.1. The van der Waals surface area contributed by atoms with Gasteiger partial charge in [-0.25, -0.2) is 19.2 Å². The minimum Gasteiger partial charge on any atom is -0.508 e. The second kappa shape index (κ2) is 12.4. The fourth-order valence-corrected chi connectivity index (χ4v) is 3.19. The number of carboxylic acids is 1. The molecule has 1 aromatic heterocycles. The zero-order valence-corrected chi connectivity index (χ0v) is 21.4. The van der Waals surface area contributed by atoms with Crippen LogP contribution in [0.4, 0.5) is 14.9 Å². The van der Waals surface area contributed by atoms with E-state index in [1.54, 1.807) is 19.2 Å². The molecular weight excluding hydrogens is 511 g/mol. The van der Waals surface area contributed by atoms with Crippen molar-refractivity contribution in [1.29, 1.82) is 0 Å². The lowest BCUT2D eigenvalue weighted by molar-refractivity contribution is -0.147. The van der Waals surface area contributed by atoms with E-state index in [-0.39, 0.29) is 42.0 Å². The Balaban J connectivity index is 1.89. The summed E-state index contributed by atoms with van der Waals surface area (Å²) in [5.41, 5.74) is -0.555. The number of phenolic OH excluding ortho intramolecular Hbond substituents is 1. The minimum absolute atomic E-state index is 0.0601. The van der Waals surface area contributed by atoms with Gasteiger partial charge in [0.15, 0.2) is 11.6 Å². The van der Waals surface area contributed by atoms with Crippen molar-refractivity contribution in [1.82, 2.24) is 25.1 Å². The maximum absolute atomic E-state index is 14.8. The molecule has 0 aliphatic carbocycles. The van der Waals surface area contributed by atoms with Crippen molar-refractivity contribution in [2.75, 3.05) is 13.6 Å². The number of nitrogens with one attached hydrogen (secondary N) is 1. The maximum Gasteiger partial charge on any atom is 0.330 e. The number of carbonyl (C=O) groups excluding carboxylic acids is 2. The average Bonchev–Trinajstić information content (AvgIpc) is 2.90. The summed E-state index contributed by atoms with van der Waals surface area (Å²) in [5.74, 6) is -1.97. The molecule has 0 bridgehead atoms. The molecule has 0 unspecified atom stereocenters. The van der Waals surface area contributed by atoms with E-state index in [2.05, 4.69) is 20.3 Å². The van der Waals surface area contributed by atoms with Crippen molar-refractivity contribution in [2.45, 2.75) is 20.4 Å². The molecule has 3 amide bonds. The number of aromatic nitrogens is 2. The van der Waals surface area contributed by atoms with E-state index in [1.165, 1.54) is 61.6 Å². The van der Waals surface area contributed by atoms with Crippen molar-refractivity contribution in [3.05, 3.63) is 72.4 Å². The highest BCUT2D eigenvalue weighted by molar-refractivity contribution is 6.00. The number of benzene rings is 2. The lowest BCUT2D eigenvalue weighted by Crippen LogP contribution is -2.50. The first kappa shape index (κ1) is 28.5. The molecule has 3 rings (SSSR count). The smallest absolute Gasteiger partial charge is 0.330 e. The number of imide groups is 1. The van der Waals surface area contributed by atoms with E-state index in [4.69, 9.17) is 4.74 Å². The number of hydrogen-bond acceptors (Lipinski definition) is 8. The van der Waals surface area contributed by atoms with E-state index in [1.807, 2.05) is 0 Å². The van der Waals surface area contributed by atoms with Gasteiger partial charge in [0.25, 0.3) is 0 Å². The van der Waals surface area contributed by atoms with Crippen LogP contribution < -0.4 is 10.1 Å². The van der Waals surface area contributed by atoms with E-state index >= 15 is 0 Å². The van der Waals surface area contributed by atoms with Crippen LogP contribution in [0.3, 0.4) is 0 Å². The van der Waals surface area contributed by atoms with Crippen molar-refractivity contribution < 1.29 is 33.7 Å². The highest BCUT2D eigenvalue weighted by Crippen LogP contribution is 2.27. The predicted octanol–water partition coefficient (Wildman–Crippen LogP) is 3.51. The first-order chi connectivity index (χ1) is 18.5. The summed E-state index contributed by atoms with van der Waals surface area (Å²) in [6.45, 7) is 2.55. The van der Waals surface area contributed by atoms with Gasteiger partial charge in [-0.05, 0) is 43.7 Å².